The first-order chi connectivity index (χ1) is 8.41. The van der Waals surface area contributed by atoms with Gasteiger partial charge in [-0.1, -0.05) is 19.1 Å². The summed E-state index contributed by atoms with van der Waals surface area (Å²) in [6, 6.07) is 4.56. The summed E-state index contributed by atoms with van der Waals surface area (Å²) in [4.78, 5) is 13.5. The number of oxazole rings is 1. The maximum absolute atomic E-state index is 12.4. The molecule has 0 unspecified atom stereocenters. The summed E-state index contributed by atoms with van der Waals surface area (Å²) >= 11 is 0. The Hall–Kier alpha value is -1.98. The van der Waals surface area contributed by atoms with E-state index in [0.29, 0.717) is 23.4 Å². The van der Waals surface area contributed by atoms with Crippen molar-refractivity contribution in [1.82, 2.24) is 4.98 Å². The lowest BCUT2D eigenvalue weighted by Gasteiger charge is -2.07. The second kappa shape index (κ2) is 4.36. The van der Waals surface area contributed by atoms with Crippen LogP contribution in [-0.2, 0) is 12.6 Å². The van der Waals surface area contributed by atoms with E-state index >= 15 is 0 Å². The molecule has 6 heteroatoms. The Labute approximate surface area is 100 Å². The zero-order valence-electron chi connectivity index (χ0n) is 9.47. The van der Waals surface area contributed by atoms with E-state index in [9.17, 15) is 18.0 Å². The fraction of sp³-hybridized carbons (Fsp3) is 0.250. The largest absolute Gasteiger partial charge is 0.416 e. The van der Waals surface area contributed by atoms with Gasteiger partial charge in [-0.15, -0.1) is 0 Å². The van der Waals surface area contributed by atoms with Crippen molar-refractivity contribution < 1.29 is 17.6 Å². The lowest BCUT2D eigenvalue weighted by atomic mass is 10.1. The Morgan fingerprint density at radius 2 is 1.83 bits per heavy atom. The number of alkyl halides is 3. The first kappa shape index (κ1) is 12.5. The Morgan fingerprint density at radius 3 is 2.33 bits per heavy atom. The number of hydrogen-bond donors (Lipinski definition) is 1. The zero-order chi connectivity index (χ0) is 13.3. The fourth-order valence-corrected chi connectivity index (χ4v) is 1.67. The van der Waals surface area contributed by atoms with Crippen LogP contribution in [0.15, 0.2) is 33.5 Å². The van der Waals surface area contributed by atoms with Gasteiger partial charge >= 0.3 is 11.9 Å². The van der Waals surface area contributed by atoms with Crippen LogP contribution in [0.4, 0.5) is 13.2 Å². The van der Waals surface area contributed by atoms with Gasteiger partial charge in [0.2, 0.25) is 0 Å². The van der Waals surface area contributed by atoms with Crippen LogP contribution in [0.25, 0.3) is 11.3 Å². The van der Waals surface area contributed by atoms with Crippen molar-refractivity contribution in [3.8, 4) is 11.3 Å². The van der Waals surface area contributed by atoms with E-state index in [1.165, 1.54) is 12.1 Å². The average Bonchev–Trinajstić information content (AvgIpc) is 2.69. The van der Waals surface area contributed by atoms with Crippen molar-refractivity contribution in [2.45, 2.75) is 19.5 Å². The minimum absolute atomic E-state index is 0.427. The van der Waals surface area contributed by atoms with E-state index in [1.807, 2.05) is 0 Å². The maximum Gasteiger partial charge on any atom is 0.416 e. The first-order valence-electron chi connectivity index (χ1n) is 5.31. The lowest BCUT2D eigenvalue weighted by Crippen LogP contribution is -2.04. The molecule has 0 aliphatic rings. The summed E-state index contributed by atoms with van der Waals surface area (Å²) in [5.74, 6) is -0.179. The molecule has 18 heavy (non-hydrogen) atoms. The molecule has 1 heterocycles. The SMILES string of the molecule is CCc1oc(=O)[nH]c1-c1ccc(C(F)(F)F)cc1. The highest BCUT2D eigenvalue weighted by molar-refractivity contribution is 5.61. The molecule has 1 aromatic heterocycles. The van der Waals surface area contributed by atoms with E-state index in [2.05, 4.69) is 4.98 Å². The van der Waals surface area contributed by atoms with Gasteiger partial charge in [-0.2, -0.15) is 13.2 Å². The topological polar surface area (TPSA) is 46.0 Å². The molecular formula is C12H10F3NO2. The van der Waals surface area contributed by atoms with Crippen molar-refractivity contribution in [1.29, 1.82) is 0 Å². The van der Waals surface area contributed by atoms with Gasteiger partial charge in [-0.05, 0) is 12.1 Å². The van der Waals surface area contributed by atoms with Gasteiger partial charge in [-0.25, -0.2) is 4.79 Å². The van der Waals surface area contributed by atoms with Gasteiger partial charge in [0, 0.05) is 12.0 Å². The number of aromatic amines is 1. The number of aryl methyl sites for hydroxylation is 1. The minimum Gasteiger partial charge on any atom is -0.412 e. The van der Waals surface area contributed by atoms with E-state index in [0.717, 1.165) is 12.1 Å². The molecule has 0 spiro atoms. The predicted octanol–water partition coefficient (Wildman–Crippen LogP) is 3.22. The van der Waals surface area contributed by atoms with Gasteiger partial charge in [0.05, 0.1) is 11.3 Å². The zero-order valence-corrected chi connectivity index (χ0v) is 9.47. The van der Waals surface area contributed by atoms with Crippen LogP contribution in [0.3, 0.4) is 0 Å². The normalized spacial score (nSPS) is 11.8. The molecule has 2 aromatic rings. The second-order valence-electron chi connectivity index (χ2n) is 3.74. The summed E-state index contributed by atoms with van der Waals surface area (Å²) in [6.07, 6.45) is -3.88. The van der Waals surface area contributed by atoms with Crippen molar-refractivity contribution in [2.24, 2.45) is 0 Å². The number of nitrogens with one attached hydrogen (secondary N) is 1. The molecule has 0 bridgehead atoms. The molecular weight excluding hydrogens is 247 g/mol. The van der Waals surface area contributed by atoms with Crippen LogP contribution in [0.5, 0.6) is 0 Å². The number of halogens is 3. The Kier molecular flexibility index (Phi) is 3.02. The van der Waals surface area contributed by atoms with Crippen LogP contribution >= 0.6 is 0 Å². The van der Waals surface area contributed by atoms with Crippen molar-refractivity contribution in [3.05, 3.63) is 46.1 Å². The Morgan fingerprint density at radius 1 is 1.22 bits per heavy atom. The molecule has 0 saturated heterocycles. The summed E-state index contributed by atoms with van der Waals surface area (Å²) in [6.45, 7) is 1.79. The highest BCUT2D eigenvalue weighted by Crippen LogP contribution is 2.31. The molecule has 0 atom stereocenters. The third-order valence-electron chi connectivity index (χ3n) is 2.54. The smallest absolute Gasteiger partial charge is 0.412 e. The van der Waals surface area contributed by atoms with Crippen molar-refractivity contribution >= 4 is 0 Å². The molecule has 2 rings (SSSR count). The second-order valence-corrected chi connectivity index (χ2v) is 3.74. The lowest BCUT2D eigenvalue weighted by molar-refractivity contribution is -0.137. The van der Waals surface area contributed by atoms with Crippen LogP contribution < -0.4 is 5.76 Å². The monoisotopic (exact) mass is 257 g/mol. The van der Waals surface area contributed by atoms with Crippen molar-refractivity contribution in [2.75, 3.05) is 0 Å². The van der Waals surface area contributed by atoms with Crippen LogP contribution in [0.2, 0.25) is 0 Å². The van der Waals surface area contributed by atoms with Crippen molar-refractivity contribution in [3.63, 3.8) is 0 Å². The molecule has 96 valence electrons. The average molecular weight is 257 g/mol. The summed E-state index contributed by atoms with van der Waals surface area (Å²) in [5, 5.41) is 0. The highest BCUT2D eigenvalue weighted by Gasteiger charge is 2.30. The molecule has 1 N–H and O–H groups in total. The molecule has 0 radical (unpaired) electrons. The van der Waals surface area contributed by atoms with Gasteiger partial charge in [0.25, 0.3) is 0 Å². The number of rotatable bonds is 2. The molecule has 0 amide bonds. The summed E-state index contributed by atoms with van der Waals surface area (Å²) in [5.41, 5.74) is 0.192. The Bertz CT molecular complexity index is 593. The van der Waals surface area contributed by atoms with E-state index in [4.69, 9.17) is 4.42 Å². The maximum atomic E-state index is 12.4. The molecule has 0 aliphatic heterocycles. The van der Waals surface area contributed by atoms with Gasteiger partial charge in [0.15, 0.2) is 0 Å². The standard InChI is InChI=1S/C12H10F3NO2/c1-2-9-10(16-11(17)18-9)7-3-5-8(6-4-7)12(13,14)15/h3-6H,2H2,1H3,(H,16,17). The predicted molar refractivity (Wildman–Crippen MR) is 59.1 cm³/mol. The van der Waals surface area contributed by atoms with Gasteiger partial charge in [-0.3, -0.25) is 4.98 Å². The first-order valence-corrected chi connectivity index (χ1v) is 5.31. The molecule has 0 fully saturated rings. The number of benzene rings is 1. The Balaban J connectivity index is 2.43. The van der Waals surface area contributed by atoms with Crippen LogP contribution in [0, 0.1) is 0 Å². The number of hydrogen-bond acceptors (Lipinski definition) is 2. The quantitative estimate of drug-likeness (QED) is 0.897. The summed E-state index contributed by atoms with van der Waals surface area (Å²) < 4.78 is 42.1. The molecule has 0 saturated carbocycles. The molecule has 3 nitrogen and oxygen atoms in total. The van der Waals surface area contributed by atoms with Gasteiger partial charge < -0.3 is 4.42 Å². The fourth-order valence-electron chi connectivity index (χ4n) is 1.67. The van der Waals surface area contributed by atoms with E-state index in [1.54, 1.807) is 6.92 Å². The third-order valence-corrected chi connectivity index (χ3v) is 2.54. The van der Waals surface area contributed by atoms with Gasteiger partial charge in [0.1, 0.15) is 5.76 Å². The molecule has 0 aliphatic carbocycles. The minimum atomic E-state index is -4.37. The van der Waals surface area contributed by atoms with Crippen LogP contribution in [0.1, 0.15) is 18.2 Å². The van der Waals surface area contributed by atoms with Crippen LogP contribution in [-0.4, -0.2) is 4.98 Å². The number of aromatic nitrogens is 1. The molecule has 1 aromatic carbocycles. The number of H-pyrrole nitrogens is 1. The van der Waals surface area contributed by atoms with E-state index in [-0.39, 0.29) is 0 Å². The summed E-state index contributed by atoms with van der Waals surface area (Å²) in [7, 11) is 0. The highest BCUT2D eigenvalue weighted by atomic mass is 19.4. The third kappa shape index (κ3) is 2.32. The van der Waals surface area contributed by atoms with E-state index < -0.39 is 17.5 Å².